The van der Waals surface area contributed by atoms with Gasteiger partial charge in [0.15, 0.2) is 0 Å². The zero-order valence-electron chi connectivity index (χ0n) is 9.13. The molecule has 0 saturated carbocycles. The Morgan fingerprint density at radius 3 is 2.53 bits per heavy atom. The summed E-state index contributed by atoms with van der Waals surface area (Å²) in [5, 5.41) is 10.0. The minimum atomic E-state index is 0.712. The van der Waals surface area contributed by atoms with E-state index in [0.717, 1.165) is 22.2 Å². The molecule has 0 atom stereocenters. The second-order valence-corrected chi connectivity index (χ2v) is 3.90. The lowest BCUT2D eigenvalue weighted by Crippen LogP contribution is -1.91. The van der Waals surface area contributed by atoms with Crippen LogP contribution in [0.25, 0.3) is 10.9 Å². The van der Waals surface area contributed by atoms with Crippen molar-refractivity contribution in [2.75, 3.05) is 0 Å². The topological polar surface area (TPSA) is 36.7 Å². The van der Waals surface area contributed by atoms with Gasteiger partial charge < -0.3 is 0 Å². The van der Waals surface area contributed by atoms with E-state index in [4.69, 9.17) is 5.26 Å². The van der Waals surface area contributed by atoms with Crippen LogP contribution >= 0.6 is 0 Å². The van der Waals surface area contributed by atoms with E-state index >= 15 is 0 Å². The van der Waals surface area contributed by atoms with Gasteiger partial charge in [0.1, 0.15) is 0 Å². The Labute approximate surface area is 89.2 Å². The van der Waals surface area contributed by atoms with Gasteiger partial charge in [-0.25, -0.2) is 0 Å². The lowest BCUT2D eigenvalue weighted by Gasteiger charge is -2.06. The highest BCUT2D eigenvalue weighted by molar-refractivity contribution is 5.87. The fourth-order valence-corrected chi connectivity index (χ4v) is 1.90. The number of nitrogens with zero attached hydrogens (tertiary/aromatic N) is 2. The molecule has 0 bridgehead atoms. The molecule has 2 aromatic rings. The molecule has 0 aliphatic rings. The number of fused-ring (bicyclic) bond motifs is 1. The largest absolute Gasteiger partial charge is 0.253 e. The third kappa shape index (κ3) is 1.57. The second kappa shape index (κ2) is 3.36. The highest BCUT2D eigenvalue weighted by Crippen LogP contribution is 2.22. The van der Waals surface area contributed by atoms with E-state index in [2.05, 4.69) is 17.1 Å². The van der Waals surface area contributed by atoms with Crippen LogP contribution in [0.5, 0.6) is 0 Å². The quantitative estimate of drug-likeness (QED) is 0.649. The summed E-state index contributed by atoms with van der Waals surface area (Å²) in [6, 6.07) is 8.17. The van der Waals surface area contributed by atoms with Gasteiger partial charge in [-0.05, 0) is 38.5 Å². The molecule has 0 aliphatic heterocycles. The Balaban J connectivity index is 2.98. The predicted octanol–water partition coefficient (Wildman–Crippen LogP) is 3.03. The Hall–Kier alpha value is -1.88. The molecule has 1 aromatic heterocycles. The molecule has 0 N–H and O–H groups in total. The molecule has 0 unspecified atom stereocenters. The summed E-state index contributed by atoms with van der Waals surface area (Å²) >= 11 is 0. The average molecular weight is 196 g/mol. The van der Waals surface area contributed by atoms with Crippen molar-refractivity contribution in [3.63, 3.8) is 0 Å². The average Bonchev–Trinajstić information content (AvgIpc) is 2.18. The summed E-state index contributed by atoms with van der Waals surface area (Å²) in [7, 11) is 0. The first-order valence-electron chi connectivity index (χ1n) is 4.90. The summed E-state index contributed by atoms with van der Waals surface area (Å²) in [4.78, 5) is 4.47. The lowest BCUT2D eigenvalue weighted by molar-refractivity contribution is 1.23. The second-order valence-electron chi connectivity index (χ2n) is 3.90. The van der Waals surface area contributed by atoms with Gasteiger partial charge in [0, 0.05) is 11.1 Å². The maximum absolute atomic E-state index is 9.06. The van der Waals surface area contributed by atoms with Crippen LogP contribution in [0.1, 0.15) is 22.4 Å². The summed E-state index contributed by atoms with van der Waals surface area (Å²) in [6.07, 6.45) is 0. The van der Waals surface area contributed by atoms with E-state index in [9.17, 15) is 0 Å². The highest BCUT2D eigenvalue weighted by Gasteiger charge is 2.06. The van der Waals surface area contributed by atoms with Gasteiger partial charge in [0.05, 0.1) is 17.1 Å². The Morgan fingerprint density at radius 2 is 1.87 bits per heavy atom. The van der Waals surface area contributed by atoms with Crippen molar-refractivity contribution in [2.45, 2.75) is 20.8 Å². The van der Waals surface area contributed by atoms with Crippen LogP contribution in [-0.2, 0) is 0 Å². The monoisotopic (exact) mass is 196 g/mol. The van der Waals surface area contributed by atoms with Crippen molar-refractivity contribution in [1.29, 1.82) is 5.26 Å². The van der Waals surface area contributed by atoms with Crippen molar-refractivity contribution in [1.82, 2.24) is 4.98 Å². The maximum Gasteiger partial charge on any atom is 0.0999 e. The summed E-state index contributed by atoms with van der Waals surface area (Å²) in [5.41, 5.74) is 4.85. The van der Waals surface area contributed by atoms with E-state index in [1.54, 1.807) is 0 Å². The number of hydrogen-bond donors (Lipinski definition) is 0. The van der Waals surface area contributed by atoms with E-state index in [1.807, 2.05) is 32.9 Å². The number of aromatic nitrogens is 1. The number of nitriles is 1. The molecule has 74 valence electrons. The first-order chi connectivity index (χ1) is 7.11. The molecule has 15 heavy (non-hydrogen) atoms. The SMILES string of the molecule is Cc1cc(C)c2nc(C)cc(C#N)c2c1. The zero-order valence-corrected chi connectivity index (χ0v) is 9.13. The molecule has 2 nitrogen and oxygen atoms in total. The first-order valence-corrected chi connectivity index (χ1v) is 4.90. The van der Waals surface area contributed by atoms with E-state index in [-0.39, 0.29) is 0 Å². The fourth-order valence-electron chi connectivity index (χ4n) is 1.90. The van der Waals surface area contributed by atoms with Gasteiger partial charge in [0.2, 0.25) is 0 Å². The zero-order chi connectivity index (χ0) is 11.0. The third-order valence-corrected chi connectivity index (χ3v) is 2.50. The van der Waals surface area contributed by atoms with Gasteiger partial charge in [-0.15, -0.1) is 0 Å². The minimum absolute atomic E-state index is 0.712. The third-order valence-electron chi connectivity index (χ3n) is 2.50. The van der Waals surface area contributed by atoms with Gasteiger partial charge in [-0.2, -0.15) is 5.26 Å². The highest BCUT2D eigenvalue weighted by atomic mass is 14.7. The van der Waals surface area contributed by atoms with Crippen molar-refractivity contribution >= 4 is 10.9 Å². The van der Waals surface area contributed by atoms with E-state index < -0.39 is 0 Å². The normalized spacial score (nSPS) is 10.3. The van der Waals surface area contributed by atoms with E-state index in [0.29, 0.717) is 5.56 Å². The van der Waals surface area contributed by atoms with Crippen molar-refractivity contribution in [3.05, 3.63) is 40.6 Å². The number of rotatable bonds is 0. The molecule has 2 heteroatoms. The van der Waals surface area contributed by atoms with E-state index in [1.165, 1.54) is 5.56 Å². The molecule has 0 fully saturated rings. The molecule has 0 amide bonds. The fraction of sp³-hybridized carbons (Fsp3) is 0.231. The van der Waals surface area contributed by atoms with Crippen LogP contribution in [0.2, 0.25) is 0 Å². The van der Waals surface area contributed by atoms with Gasteiger partial charge in [0.25, 0.3) is 0 Å². The number of hydrogen-bond acceptors (Lipinski definition) is 2. The van der Waals surface area contributed by atoms with Crippen LogP contribution < -0.4 is 0 Å². The molecular formula is C13H12N2. The maximum atomic E-state index is 9.06. The molecule has 0 radical (unpaired) electrons. The number of benzene rings is 1. The van der Waals surface area contributed by atoms with Gasteiger partial charge >= 0.3 is 0 Å². The van der Waals surface area contributed by atoms with Crippen LogP contribution in [0.15, 0.2) is 18.2 Å². The van der Waals surface area contributed by atoms with Crippen molar-refractivity contribution in [2.24, 2.45) is 0 Å². The van der Waals surface area contributed by atoms with Gasteiger partial charge in [-0.1, -0.05) is 11.6 Å². The van der Waals surface area contributed by atoms with Crippen LogP contribution in [0, 0.1) is 32.1 Å². The molecular weight excluding hydrogens is 184 g/mol. The van der Waals surface area contributed by atoms with Crippen molar-refractivity contribution in [3.8, 4) is 6.07 Å². The molecule has 1 aromatic carbocycles. The summed E-state index contributed by atoms with van der Waals surface area (Å²) in [5.74, 6) is 0. The summed E-state index contributed by atoms with van der Waals surface area (Å²) < 4.78 is 0. The molecule has 0 saturated heterocycles. The lowest BCUT2D eigenvalue weighted by atomic mass is 10.0. The standard InChI is InChI=1S/C13H12N2/c1-8-4-9(2)13-12(5-8)11(7-14)6-10(3)15-13/h4-6H,1-3H3. The molecule has 1 heterocycles. The Bertz CT molecular complexity index is 577. The number of aryl methyl sites for hydroxylation is 3. The molecule has 0 aliphatic carbocycles. The smallest absolute Gasteiger partial charge is 0.0999 e. The first kappa shape index (κ1) is 9.67. The number of pyridine rings is 1. The predicted molar refractivity (Wildman–Crippen MR) is 60.7 cm³/mol. The summed E-state index contributed by atoms with van der Waals surface area (Å²) in [6.45, 7) is 5.98. The van der Waals surface area contributed by atoms with Crippen LogP contribution in [0.3, 0.4) is 0 Å². The van der Waals surface area contributed by atoms with Crippen LogP contribution in [0.4, 0.5) is 0 Å². The Morgan fingerprint density at radius 1 is 1.13 bits per heavy atom. The molecule has 0 spiro atoms. The van der Waals surface area contributed by atoms with Crippen molar-refractivity contribution < 1.29 is 0 Å². The van der Waals surface area contributed by atoms with Gasteiger partial charge in [-0.3, -0.25) is 4.98 Å². The molecule has 2 rings (SSSR count). The van der Waals surface area contributed by atoms with Crippen LogP contribution in [-0.4, -0.2) is 4.98 Å². The Kier molecular flexibility index (Phi) is 2.17. The minimum Gasteiger partial charge on any atom is -0.253 e.